The molecule has 4 nitrogen and oxygen atoms in total. The molecule has 1 unspecified atom stereocenters. The van der Waals surface area contributed by atoms with Crippen molar-refractivity contribution < 1.29 is 5.11 Å². The molecular formula is C19H15Cl2N3OS. The Labute approximate surface area is 165 Å². The first kappa shape index (κ1) is 17.3. The van der Waals surface area contributed by atoms with E-state index in [4.69, 9.17) is 28.3 Å². The van der Waals surface area contributed by atoms with Gasteiger partial charge in [-0.1, -0.05) is 70.4 Å². The fourth-order valence-corrected chi connectivity index (χ4v) is 3.93. The number of anilines is 1. The van der Waals surface area contributed by atoms with E-state index in [0.717, 1.165) is 16.8 Å². The maximum Gasteiger partial charge on any atom is 0.223 e. The van der Waals surface area contributed by atoms with Crippen LogP contribution in [0.3, 0.4) is 0 Å². The van der Waals surface area contributed by atoms with Crippen molar-refractivity contribution in [3.8, 4) is 5.88 Å². The number of hydrogen-bond donors (Lipinski definition) is 1. The molecule has 3 aromatic rings. The Morgan fingerprint density at radius 3 is 2.54 bits per heavy atom. The average molecular weight is 404 g/mol. The second-order valence-electron chi connectivity index (χ2n) is 6.14. The van der Waals surface area contributed by atoms with E-state index >= 15 is 0 Å². The van der Waals surface area contributed by atoms with Gasteiger partial charge in [-0.25, -0.2) is 5.01 Å². The highest BCUT2D eigenvalue weighted by Gasteiger charge is 2.31. The van der Waals surface area contributed by atoms with E-state index < -0.39 is 0 Å². The molecule has 1 aliphatic heterocycles. The Hall–Kier alpha value is -2.08. The molecule has 0 aliphatic carbocycles. The molecule has 4 rings (SSSR count). The number of thiazole rings is 1. The first-order chi connectivity index (χ1) is 12.5. The molecule has 1 atom stereocenters. The van der Waals surface area contributed by atoms with Gasteiger partial charge in [0.1, 0.15) is 0 Å². The molecule has 7 heteroatoms. The lowest BCUT2D eigenvalue weighted by Crippen LogP contribution is -2.18. The van der Waals surface area contributed by atoms with Crippen LogP contribution in [0.1, 0.15) is 29.2 Å². The van der Waals surface area contributed by atoms with Gasteiger partial charge in [0.2, 0.25) is 11.0 Å². The predicted octanol–water partition coefficient (Wildman–Crippen LogP) is 5.82. The summed E-state index contributed by atoms with van der Waals surface area (Å²) in [4.78, 5) is 4.19. The summed E-state index contributed by atoms with van der Waals surface area (Å²) in [6.07, 6.45) is 0.710. The fourth-order valence-electron chi connectivity index (χ4n) is 2.95. The zero-order chi connectivity index (χ0) is 18.3. The number of aromatic nitrogens is 1. The molecule has 0 saturated carbocycles. The van der Waals surface area contributed by atoms with Gasteiger partial charge in [-0.2, -0.15) is 10.1 Å². The minimum absolute atomic E-state index is 0.00519. The predicted molar refractivity (Wildman–Crippen MR) is 108 cm³/mol. The van der Waals surface area contributed by atoms with Gasteiger partial charge in [-0.3, -0.25) is 0 Å². The van der Waals surface area contributed by atoms with E-state index in [1.165, 1.54) is 16.9 Å². The fraction of sp³-hybridized carbons (Fsp3) is 0.158. The second-order valence-corrected chi connectivity index (χ2v) is 7.79. The molecule has 0 spiro atoms. The van der Waals surface area contributed by atoms with Crippen LogP contribution in [0.2, 0.25) is 10.0 Å². The minimum Gasteiger partial charge on any atom is -0.493 e. The first-order valence-electron chi connectivity index (χ1n) is 8.04. The Morgan fingerprint density at radius 2 is 1.88 bits per heavy atom. The van der Waals surface area contributed by atoms with E-state index in [2.05, 4.69) is 36.2 Å². The summed E-state index contributed by atoms with van der Waals surface area (Å²) in [6.45, 7) is 2.06. The molecule has 0 bridgehead atoms. The second kappa shape index (κ2) is 6.91. The monoisotopic (exact) mass is 403 g/mol. The highest BCUT2D eigenvalue weighted by Crippen LogP contribution is 2.39. The molecule has 26 heavy (non-hydrogen) atoms. The number of benzene rings is 2. The van der Waals surface area contributed by atoms with Crippen LogP contribution in [-0.2, 0) is 0 Å². The van der Waals surface area contributed by atoms with E-state index in [1.807, 2.05) is 17.1 Å². The maximum atomic E-state index is 9.65. The SMILES string of the molecule is Cc1ccc(C2CC(c3ccc(Cl)c(Cl)c3)=NN2c2nc(O)cs2)cc1. The van der Waals surface area contributed by atoms with Crippen molar-refractivity contribution in [3.05, 3.63) is 74.6 Å². The molecule has 2 heterocycles. The Bertz CT molecular complexity index is 985. The van der Waals surface area contributed by atoms with Gasteiger partial charge in [-0.05, 0) is 30.2 Å². The van der Waals surface area contributed by atoms with Crippen LogP contribution in [0, 0.1) is 6.92 Å². The summed E-state index contributed by atoms with van der Waals surface area (Å²) < 4.78 is 0. The van der Waals surface area contributed by atoms with Crippen LogP contribution in [-0.4, -0.2) is 15.8 Å². The van der Waals surface area contributed by atoms with Crippen LogP contribution < -0.4 is 5.01 Å². The van der Waals surface area contributed by atoms with Gasteiger partial charge in [-0.15, -0.1) is 0 Å². The number of hydrogen-bond acceptors (Lipinski definition) is 5. The van der Waals surface area contributed by atoms with E-state index in [-0.39, 0.29) is 11.9 Å². The molecule has 0 saturated heterocycles. The van der Waals surface area contributed by atoms with Crippen LogP contribution >= 0.6 is 34.5 Å². The first-order valence-corrected chi connectivity index (χ1v) is 9.68. The third kappa shape index (κ3) is 3.30. The molecule has 0 fully saturated rings. The zero-order valence-electron chi connectivity index (χ0n) is 13.9. The molecular weight excluding hydrogens is 389 g/mol. The largest absolute Gasteiger partial charge is 0.493 e. The quantitative estimate of drug-likeness (QED) is 0.599. The van der Waals surface area contributed by atoms with Gasteiger partial charge in [0.15, 0.2) is 0 Å². The van der Waals surface area contributed by atoms with Gasteiger partial charge < -0.3 is 5.11 Å². The summed E-state index contributed by atoms with van der Waals surface area (Å²) in [5, 5.41) is 19.6. The molecule has 132 valence electrons. The molecule has 0 radical (unpaired) electrons. The van der Waals surface area contributed by atoms with Crippen molar-refractivity contribution in [2.75, 3.05) is 5.01 Å². The normalized spacial score (nSPS) is 16.8. The van der Waals surface area contributed by atoms with Gasteiger partial charge in [0.05, 0.1) is 27.2 Å². The minimum atomic E-state index is 0.00519. The molecule has 0 amide bonds. The summed E-state index contributed by atoms with van der Waals surface area (Å²) in [7, 11) is 0. The average Bonchev–Trinajstić information content (AvgIpc) is 3.24. The number of halogens is 2. The van der Waals surface area contributed by atoms with Crippen LogP contribution in [0.25, 0.3) is 0 Å². The smallest absolute Gasteiger partial charge is 0.223 e. The molecule has 2 aromatic carbocycles. The molecule has 1 aliphatic rings. The van der Waals surface area contributed by atoms with Crippen LogP contribution in [0.5, 0.6) is 5.88 Å². The van der Waals surface area contributed by atoms with Gasteiger partial charge >= 0.3 is 0 Å². The highest BCUT2D eigenvalue weighted by atomic mass is 35.5. The van der Waals surface area contributed by atoms with Crippen molar-refractivity contribution in [3.63, 3.8) is 0 Å². The summed E-state index contributed by atoms with van der Waals surface area (Å²) in [5.41, 5.74) is 4.18. The lowest BCUT2D eigenvalue weighted by molar-refractivity contribution is 0.457. The molecule has 1 N–H and O–H groups in total. The lowest BCUT2D eigenvalue weighted by Gasteiger charge is -2.21. The Morgan fingerprint density at radius 1 is 1.12 bits per heavy atom. The topological polar surface area (TPSA) is 48.7 Å². The summed E-state index contributed by atoms with van der Waals surface area (Å²) in [5.74, 6) is 0.00541. The van der Waals surface area contributed by atoms with Crippen molar-refractivity contribution in [1.82, 2.24) is 4.98 Å². The summed E-state index contributed by atoms with van der Waals surface area (Å²) >= 11 is 13.6. The lowest BCUT2D eigenvalue weighted by atomic mass is 9.98. The van der Waals surface area contributed by atoms with Crippen molar-refractivity contribution >= 4 is 45.4 Å². The number of nitrogens with zero attached hydrogens (tertiary/aromatic N) is 3. The maximum absolute atomic E-state index is 9.65. The van der Waals surface area contributed by atoms with E-state index in [0.29, 0.717) is 21.6 Å². The third-order valence-electron chi connectivity index (χ3n) is 4.30. The van der Waals surface area contributed by atoms with Crippen molar-refractivity contribution in [2.45, 2.75) is 19.4 Å². The zero-order valence-corrected chi connectivity index (χ0v) is 16.2. The van der Waals surface area contributed by atoms with Crippen LogP contribution in [0.15, 0.2) is 52.9 Å². The third-order valence-corrected chi connectivity index (χ3v) is 5.86. The number of hydrazone groups is 1. The summed E-state index contributed by atoms with van der Waals surface area (Å²) in [6, 6.07) is 13.9. The van der Waals surface area contributed by atoms with Gasteiger partial charge in [0.25, 0.3) is 0 Å². The van der Waals surface area contributed by atoms with Crippen molar-refractivity contribution in [2.24, 2.45) is 5.10 Å². The van der Waals surface area contributed by atoms with Gasteiger partial charge in [0, 0.05) is 6.42 Å². The Balaban J connectivity index is 1.75. The Kier molecular flexibility index (Phi) is 4.61. The van der Waals surface area contributed by atoms with E-state index in [1.54, 1.807) is 11.4 Å². The number of aryl methyl sites for hydroxylation is 1. The van der Waals surface area contributed by atoms with Crippen molar-refractivity contribution in [1.29, 1.82) is 0 Å². The number of rotatable bonds is 3. The standard InChI is InChI=1S/C19H15Cl2N3OS/c1-11-2-4-12(5-3-11)17-9-16(13-6-7-14(20)15(21)8-13)23-24(17)19-22-18(25)10-26-19/h2-8,10,17,25H,9H2,1H3. The highest BCUT2D eigenvalue weighted by molar-refractivity contribution is 7.13. The number of aromatic hydroxyl groups is 1. The van der Waals surface area contributed by atoms with Crippen LogP contribution in [0.4, 0.5) is 5.13 Å². The molecule has 1 aromatic heterocycles. The van der Waals surface area contributed by atoms with E-state index in [9.17, 15) is 5.11 Å².